The van der Waals surface area contributed by atoms with Crippen LogP contribution in [0.1, 0.15) is 157 Å². The molecule has 3 fully saturated rings. The maximum atomic E-state index is 12.6. The molecule has 0 bridgehead atoms. The average molecular weight is 575 g/mol. The summed E-state index contributed by atoms with van der Waals surface area (Å²) in [7, 11) is 0. The number of unbranched alkanes of at least 4 members (excludes halogenated alkanes) is 6. The van der Waals surface area contributed by atoms with Crippen LogP contribution in [0.3, 0.4) is 0 Å². The maximum absolute atomic E-state index is 12.6. The minimum absolute atomic E-state index is 0.0398. The third-order valence-corrected chi connectivity index (χ3v) is 12.8. The predicted molar refractivity (Wildman–Crippen MR) is 171 cm³/mol. The Bertz CT molecular complexity index is 834. The quantitative estimate of drug-likeness (QED) is 0.0841. The van der Waals surface area contributed by atoms with Gasteiger partial charge >= 0.3 is 5.97 Å². The van der Waals surface area contributed by atoms with E-state index in [9.17, 15) is 4.79 Å². The number of hydrogen-bond acceptors (Lipinski definition) is 2. The number of carbonyl (C=O) groups is 1. The Balaban J connectivity index is 1.26. The van der Waals surface area contributed by atoms with Crippen molar-refractivity contribution in [3.8, 4) is 0 Å². The Morgan fingerprint density at radius 1 is 0.900 bits per heavy atom. The minimum Gasteiger partial charge on any atom is -0.462 e. The van der Waals surface area contributed by atoms with Crippen LogP contribution < -0.4 is 0 Å². The summed E-state index contributed by atoms with van der Waals surface area (Å²) in [5.74, 6) is 6.08. The molecule has 0 aromatic heterocycles. The Morgan fingerprint density at radius 3 is 2.35 bits per heavy atom. The Kier molecular flexibility index (Phi) is 12.0. The summed E-state index contributed by atoms with van der Waals surface area (Å²) >= 11 is 5.76. The van der Waals surface area contributed by atoms with E-state index in [2.05, 4.69) is 40.7 Å². The van der Waals surface area contributed by atoms with E-state index in [1.54, 1.807) is 5.57 Å². The molecule has 3 heteroatoms. The van der Waals surface area contributed by atoms with Gasteiger partial charge in [0.15, 0.2) is 0 Å². The number of alkyl halides is 1. The van der Waals surface area contributed by atoms with Gasteiger partial charge in [0.05, 0.1) is 0 Å². The number of esters is 1. The first-order chi connectivity index (χ1) is 19.2. The van der Waals surface area contributed by atoms with Crippen molar-refractivity contribution in [1.82, 2.24) is 0 Å². The normalized spacial score (nSPS) is 36.0. The van der Waals surface area contributed by atoms with E-state index < -0.39 is 0 Å². The number of allylic oxidation sites excluding steroid dienone is 1. The lowest BCUT2D eigenvalue weighted by Gasteiger charge is -2.58. The molecule has 0 aliphatic heterocycles. The van der Waals surface area contributed by atoms with E-state index in [1.807, 2.05) is 0 Å². The summed E-state index contributed by atoms with van der Waals surface area (Å²) in [5.41, 5.74) is 2.52. The van der Waals surface area contributed by atoms with Crippen LogP contribution in [0.15, 0.2) is 11.6 Å². The van der Waals surface area contributed by atoms with Gasteiger partial charge in [-0.3, -0.25) is 4.79 Å². The summed E-state index contributed by atoms with van der Waals surface area (Å²) in [6.45, 7) is 12.6. The number of hydrogen-bond donors (Lipinski definition) is 0. The first kappa shape index (κ1) is 32.4. The van der Waals surface area contributed by atoms with Crippen molar-refractivity contribution < 1.29 is 9.53 Å². The first-order valence-corrected chi connectivity index (χ1v) is 18.2. The Hall–Kier alpha value is -0.500. The molecule has 40 heavy (non-hydrogen) atoms. The molecule has 4 aliphatic rings. The Morgan fingerprint density at radius 2 is 1.62 bits per heavy atom. The highest BCUT2D eigenvalue weighted by molar-refractivity contribution is 6.17. The zero-order valence-electron chi connectivity index (χ0n) is 27.0. The van der Waals surface area contributed by atoms with Crippen LogP contribution in [0, 0.1) is 46.3 Å². The fraction of sp³-hybridized carbons (Fsp3) is 0.919. The molecular formula is C37H63ClO2. The standard InChI is InChI=1S/C37H63ClO2/c1-27(2)14-13-15-28(3)32-19-20-33-31-18-17-29-26-30(21-23-36(29,4)34(31)22-24-37(32,33)5)40-35(39)16-11-9-7-6-8-10-12-25-38/h17,27-28,30-34H,6-16,18-26H2,1-5H3/t28-,30?,31?,32-,33?,34?,36+,37-/m1/s1. The summed E-state index contributed by atoms with van der Waals surface area (Å²) < 4.78 is 6.06. The largest absolute Gasteiger partial charge is 0.462 e. The van der Waals surface area contributed by atoms with E-state index >= 15 is 0 Å². The summed E-state index contributed by atoms with van der Waals surface area (Å²) in [4.78, 5) is 12.6. The van der Waals surface area contributed by atoms with E-state index in [0.717, 1.165) is 73.5 Å². The predicted octanol–water partition coefficient (Wildman–Crippen LogP) is 11.3. The SMILES string of the molecule is CC(C)CCC[C@@H](C)[C@H]1CCC2C3CC=C4CC(OC(=O)CCCCCCCCCCl)CC[C@]4(C)C3CC[C@@]21C. The highest BCUT2D eigenvalue weighted by atomic mass is 35.5. The molecule has 0 radical (unpaired) electrons. The molecule has 0 aromatic rings. The second-order valence-electron chi connectivity index (χ2n) is 15.6. The summed E-state index contributed by atoms with van der Waals surface area (Å²) in [6, 6.07) is 0. The molecule has 0 amide bonds. The zero-order chi connectivity index (χ0) is 28.8. The number of carbonyl (C=O) groups excluding carboxylic acids is 1. The lowest BCUT2D eigenvalue weighted by molar-refractivity contribution is -0.151. The number of rotatable bonds is 15. The zero-order valence-corrected chi connectivity index (χ0v) is 27.7. The molecule has 0 heterocycles. The molecule has 0 saturated heterocycles. The molecule has 8 atom stereocenters. The molecule has 3 saturated carbocycles. The molecule has 230 valence electrons. The molecule has 0 N–H and O–H groups in total. The molecule has 4 rings (SSSR count). The lowest BCUT2D eigenvalue weighted by Crippen LogP contribution is -2.51. The minimum atomic E-state index is 0.0398. The van der Waals surface area contributed by atoms with Crippen LogP contribution in [-0.4, -0.2) is 18.0 Å². The third-order valence-electron chi connectivity index (χ3n) is 12.6. The molecule has 4 unspecified atom stereocenters. The van der Waals surface area contributed by atoms with Crippen molar-refractivity contribution in [3.63, 3.8) is 0 Å². The van der Waals surface area contributed by atoms with E-state index in [-0.39, 0.29) is 12.1 Å². The monoisotopic (exact) mass is 574 g/mol. The molecule has 0 spiro atoms. The van der Waals surface area contributed by atoms with Gasteiger partial charge in [-0.15, -0.1) is 11.6 Å². The highest BCUT2D eigenvalue weighted by Gasteiger charge is 2.59. The fourth-order valence-electron chi connectivity index (χ4n) is 10.2. The summed E-state index contributed by atoms with van der Waals surface area (Å²) in [5, 5.41) is 0. The van der Waals surface area contributed by atoms with Crippen LogP contribution in [0.25, 0.3) is 0 Å². The van der Waals surface area contributed by atoms with Gasteiger partial charge in [-0.05, 0) is 104 Å². The third kappa shape index (κ3) is 7.52. The lowest BCUT2D eigenvalue weighted by atomic mass is 9.47. The van der Waals surface area contributed by atoms with Crippen molar-refractivity contribution >= 4 is 17.6 Å². The van der Waals surface area contributed by atoms with Crippen molar-refractivity contribution in [3.05, 3.63) is 11.6 Å². The highest BCUT2D eigenvalue weighted by Crippen LogP contribution is 2.67. The maximum Gasteiger partial charge on any atom is 0.306 e. The number of halogens is 1. The van der Waals surface area contributed by atoms with Crippen molar-refractivity contribution in [1.29, 1.82) is 0 Å². The second kappa shape index (κ2) is 14.8. The first-order valence-electron chi connectivity index (χ1n) is 17.6. The van der Waals surface area contributed by atoms with Gasteiger partial charge in [-0.25, -0.2) is 0 Å². The van der Waals surface area contributed by atoms with E-state index in [4.69, 9.17) is 16.3 Å². The molecule has 4 aliphatic carbocycles. The second-order valence-corrected chi connectivity index (χ2v) is 15.9. The van der Waals surface area contributed by atoms with Gasteiger partial charge in [0.25, 0.3) is 0 Å². The van der Waals surface area contributed by atoms with Crippen molar-refractivity contribution in [2.24, 2.45) is 46.3 Å². The van der Waals surface area contributed by atoms with Crippen LogP contribution in [-0.2, 0) is 9.53 Å². The number of ether oxygens (including phenoxy) is 1. The van der Waals surface area contributed by atoms with Crippen molar-refractivity contribution in [2.45, 2.75) is 163 Å². The smallest absolute Gasteiger partial charge is 0.306 e. The fourth-order valence-corrected chi connectivity index (χ4v) is 10.4. The van der Waals surface area contributed by atoms with Gasteiger partial charge in [-0.1, -0.05) is 97.6 Å². The van der Waals surface area contributed by atoms with Gasteiger partial charge < -0.3 is 4.74 Å². The average Bonchev–Trinajstić information content (AvgIpc) is 3.27. The Labute approximate surface area is 253 Å². The van der Waals surface area contributed by atoms with Gasteiger partial charge in [0, 0.05) is 18.7 Å². The van der Waals surface area contributed by atoms with E-state index in [1.165, 1.54) is 83.5 Å². The number of fused-ring (bicyclic) bond motifs is 5. The summed E-state index contributed by atoms with van der Waals surface area (Å²) in [6.07, 6.45) is 26.1. The molecular weight excluding hydrogens is 512 g/mol. The van der Waals surface area contributed by atoms with Gasteiger partial charge in [0.1, 0.15) is 6.10 Å². The van der Waals surface area contributed by atoms with Crippen LogP contribution in [0.5, 0.6) is 0 Å². The van der Waals surface area contributed by atoms with Crippen molar-refractivity contribution in [2.75, 3.05) is 5.88 Å². The van der Waals surface area contributed by atoms with Crippen LogP contribution in [0.2, 0.25) is 0 Å². The van der Waals surface area contributed by atoms with E-state index in [0.29, 0.717) is 17.3 Å². The topological polar surface area (TPSA) is 26.3 Å². The van der Waals surface area contributed by atoms with Crippen LogP contribution >= 0.6 is 11.6 Å². The molecule has 2 nitrogen and oxygen atoms in total. The van der Waals surface area contributed by atoms with Gasteiger partial charge in [0.2, 0.25) is 0 Å². The molecule has 0 aromatic carbocycles. The van der Waals surface area contributed by atoms with Gasteiger partial charge in [-0.2, -0.15) is 0 Å². The van der Waals surface area contributed by atoms with Crippen LogP contribution in [0.4, 0.5) is 0 Å².